The van der Waals surface area contributed by atoms with Crippen molar-refractivity contribution in [1.29, 1.82) is 0 Å². The Labute approximate surface area is 116 Å². The van der Waals surface area contributed by atoms with E-state index in [9.17, 15) is 4.91 Å². The molecule has 20 heavy (non-hydrogen) atoms. The van der Waals surface area contributed by atoms with Crippen LogP contribution in [0.3, 0.4) is 0 Å². The third-order valence-corrected chi connectivity index (χ3v) is 3.10. The summed E-state index contributed by atoms with van der Waals surface area (Å²) in [5, 5.41) is 7.32. The van der Waals surface area contributed by atoms with E-state index in [-0.39, 0.29) is 0 Å². The molecule has 0 saturated carbocycles. The minimum Gasteiger partial charge on any atom is -0.355 e. The van der Waals surface area contributed by atoms with E-state index < -0.39 is 0 Å². The number of rotatable bonds is 3. The maximum atomic E-state index is 10.4. The maximum absolute atomic E-state index is 10.4. The largest absolute Gasteiger partial charge is 0.355 e. The standard InChI is InChI=1S/C16H13N3O/c1-11-10-16(14-4-2-3-5-15(14)17-11)18-12-6-8-13(19-20)9-7-12/h2-10H,1H3,(H,17,18). The van der Waals surface area contributed by atoms with Gasteiger partial charge in [0.2, 0.25) is 0 Å². The topological polar surface area (TPSA) is 54.4 Å². The first kappa shape index (κ1) is 12.3. The van der Waals surface area contributed by atoms with E-state index in [1.807, 2.05) is 49.4 Å². The molecule has 98 valence electrons. The first-order valence-electron chi connectivity index (χ1n) is 6.33. The Morgan fingerprint density at radius 1 is 1.05 bits per heavy atom. The van der Waals surface area contributed by atoms with Gasteiger partial charge in [0.1, 0.15) is 5.69 Å². The first-order chi connectivity index (χ1) is 9.76. The number of aromatic nitrogens is 1. The average Bonchev–Trinajstić information content (AvgIpc) is 2.48. The molecular weight excluding hydrogens is 250 g/mol. The van der Waals surface area contributed by atoms with Crippen molar-refractivity contribution in [3.8, 4) is 0 Å². The highest BCUT2D eigenvalue weighted by Gasteiger charge is 2.04. The molecule has 4 heteroatoms. The number of nitroso groups, excluding NO2 is 1. The van der Waals surface area contributed by atoms with E-state index in [1.165, 1.54) is 0 Å². The zero-order valence-electron chi connectivity index (χ0n) is 11.0. The van der Waals surface area contributed by atoms with E-state index >= 15 is 0 Å². The van der Waals surface area contributed by atoms with Gasteiger partial charge < -0.3 is 5.32 Å². The number of nitrogens with one attached hydrogen (secondary N) is 1. The highest BCUT2D eigenvalue weighted by atomic mass is 16.3. The van der Waals surface area contributed by atoms with Crippen molar-refractivity contribution in [3.63, 3.8) is 0 Å². The lowest BCUT2D eigenvalue weighted by atomic mass is 10.1. The molecule has 3 aromatic rings. The van der Waals surface area contributed by atoms with E-state index in [1.54, 1.807) is 12.1 Å². The van der Waals surface area contributed by atoms with Crippen LogP contribution in [0.4, 0.5) is 17.1 Å². The molecule has 0 saturated heterocycles. The fourth-order valence-electron chi connectivity index (χ4n) is 2.17. The van der Waals surface area contributed by atoms with Crippen LogP contribution in [0.2, 0.25) is 0 Å². The van der Waals surface area contributed by atoms with Crippen LogP contribution in [0.5, 0.6) is 0 Å². The van der Waals surface area contributed by atoms with Gasteiger partial charge in [-0.1, -0.05) is 18.2 Å². The number of fused-ring (bicyclic) bond motifs is 1. The molecule has 0 spiro atoms. The van der Waals surface area contributed by atoms with Crippen LogP contribution in [-0.4, -0.2) is 4.98 Å². The predicted molar refractivity (Wildman–Crippen MR) is 81.7 cm³/mol. The monoisotopic (exact) mass is 263 g/mol. The Morgan fingerprint density at radius 3 is 2.55 bits per heavy atom. The summed E-state index contributed by atoms with van der Waals surface area (Å²) >= 11 is 0. The van der Waals surface area contributed by atoms with Crippen molar-refractivity contribution in [1.82, 2.24) is 4.98 Å². The summed E-state index contributed by atoms with van der Waals surface area (Å²) in [6.45, 7) is 1.97. The number of aryl methyl sites for hydroxylation is 1. The van der Waals surface area contributed by atoms with Crippen molar-refractivity contribution in [3.05, 3.63) is 65.2 Å². The molecule has 0 amide bonds. The summed E-state index contributed by atoms with van der Waals surface area (Å²) in [7, 11) is 0. The van der Waals surface area contributed by atoms with Gasteiger partial charge in [-0.2, -0.15) is 0 Å². The summed E-state index contributed by atoms with van der Waals surface area (Å²) < 4.78 is 0. The molecule has 0 fully saturated rings. The summed E-state index contributed by atoms with van der Waals surface area (Å²) in [6, 6.07) is 17.0. The number of nitrogens with zero attached hydrogens (tertiary/aromatic N) is 2. The summed E-state index contributed by atoms with van der Waals surface area (Å²) in [5.74, 6) is 0. The quantitative estimate of drug-likeness (QED) is 0.698. The van der Waals surface area contributed by atoms with Gasteiger partial charge in [0, 0.05) is 22.5 Å². The van der Waals surface area contributed by atoms with Gasteiger partial charge in [-0.25, -0.2) is 0 Å². The zero-order chi connectivity index (χ0) is 13.9. The molecule has 1 N–H and O–H groups in total. The van der Waals surface area contributed by atoms with Crippen molar-refractivity contribution in [2.24, 2.45) is 5.18 Å². The van der Waals surface area contributed by atoms with Crippen LogP contribution < -0.4 is 5.32 Å². The van der Waals surface area contributed by atoms with Gasteiger partial charge in [-0.3, -0.25) is 4.98 Å². The van der Waals surface area contributed by atoms with Gasteiger partial charge in [0.25, 0.3) is 0 Å². The van der Waals surface area contributed by atoms with E-state index in [2.05, 4.69) is 15.5 Å². The van der Waals surface area contributed by atoms with Gasteiger partial charge in [0.05, 0.1) is 5.52 Å². The smallest absolute Gasteiger partial charge is 0.108 e. The van der Waals surface area contributed by atoms with Crippen LogP contribution >= 0.6 is 0 Å². The van der Waals surface area contributed by atoms with Crippen LogP contribution in [0, 0.1) is 11.8 Å². The molecular formula is C16H13N3O. The number of pyridine rings is 1. The van der Waals surface area contributed by atoms with Gasteiger partial charge in [0.15, 0.2) is 0 Å². The van der Waals surface area contributed by atoms with Crippen LogP contribution in [-0.2, 0) is 0 Å². The lowest BCUT2D eigenvalue weighted by molar-refractivity contribution is 1.25. The van der Waals surface area contributed by atoms with E-state index in [0.29, 0.717) is 5.69 Å². The van der Waals surface area contributed by atoms with Crippen molar-refractivity contribution in [2.75, 3.05) is 5.32 Å². The van der Waals surface area contributed by atoms with Crippen LogP contribution in [0.25, 0.3) is 10.9 Å². The Balaban J connectivity index is 2.03. The van der Waals surface area contributed by atoms with Crippen molar-refractivity contribution < 1.29 is 0 Å². The molecule has 4 nitrogen and oxygen atoms in total. The van der Waals surface area contributed by atoms with Gasteiger partial charge in [-0.15, -0.1) is 4.91 Å². The molecule has 0 aliphatic rings. The molecule has 1 heterocycles. The molecule has 0 aliphatic heterocycles. The summed E-state index contributed by atoms with van der Waals surface area (Å²) in [4.78, 5) is 14.9. The summed E-state index contributed by atoms with van der Waals surface area (Å²) in [6.07, 6.45) is 0. The number of benzene rings is 2. The average molecular weight is 263 g/mol. The predicted octanol–water partition coefficient (Wildman–Crippen LogP) is 4.68. The third kappa shape index (κ3) is 2.36. The van der Waals surface area contributed by atoms with E-state index in [4.69, 9.17) is 0 Å². The fourth-order valence-corrected chi connectivity index (χ4v) is 2.17. The Hall–Kier alpha value is -2.75. The molecule has 0 radical (unpaired) electrons. The normalized spacial score (nSPS) is 10.4. The zero-order valence-corrected chi connectivity index (χ0v) is 11.0. The Kier molecular flexibility index (Phi) is 3.13. The van der Waals surface area contributed by atoms with Crippen molar-refractivity contribution in [2.45, 2.75) is 6.92 Å². The molecule has 1 aromatic heterocycles. The number of anilines is 2. The number of para-hydroxylation sites is 1. The minimum absolute atomic E-state index is 0.423. The highest BCUT2D eigenvalue weighted by Crippen LogP contribution is 2.27. The minimum atomic E-state index is 0.423. The van der Waals surface area contributed by atoms with Crippen LogP contribution in [0.15, 0.2) is 59.8 Å². The maximum Gasteiger partial charge on any atom is 0.108 e. The molecule has 0 aliphatic carbocycles. The second-order valence-corrected chi connectivity index (χ2v) is 4.59. The SMILES string of the molecule is Cc1cc(Nc2ccc(N=O)cc2)c2ccccc2n1. The lowest BCUT2D eigenvalue weighted by Gasteiger charge is -2.10. The first-order valence-corrected chi connectivity index (χ1v) is 6.33. The molecule has 2 aromatic carbocycles. The summed E-state index contributed by atoms with van der Waals surface area (Å²) in [5.41, 5.74) is 4.25. The molecule has 0 atom stereocenters. The Bertz CT molecular complexity index is 766. The Morgan fingerprint density at radius 2 is 1.80 bits per heavy atom. The fraction of sp³-hybridized carbons (Fsp3) is 0.0625. The van der Waals surface area contributed by atoms with Gasteiger partial charge >= 0.3 is 0 Å². The second kappa shape index (κ2) is 5.09. The molecule has 0 unspecified atom stereocenters. The number of hydrogen-bond donors (Lipinski definition) is 1. The molecule has 0 bridgehead atoms. The third-order valence-electron chi connectivity index (χ3n) is 3.10. The van der Waals surface area contributed by atoms with Crippen molar-refractivity contribution >= 4 is 28.0 Å². The lowest BCUT2D eigenvalue weighted by Crippen LogP contribution is -1.94. The van der Waals surface area contributed by atoms with Gasteiger partial charge in [-0.05, 0) is 48.5 Å². The second-order valence-electron chi connectivity index (χ2n) is 4.59. The molecule has 3 rings (SSSR count). The highest BCUT2D eigenvalue weighted by molar-refractivity contribution is 5.93. The van der Waals surface area contributed by atoms with Crippen LogP contribution in [0.1, 0.15) is 5.69 Å². The number of hydrogen-bond acceptors (Lipinski definition) is 4. The van der Waals surface area contributed by atoms with E-state index in [0.717, 1.165) is 28.0 Å².